The molecule has 182 valence electrons. The SMILES string of the molecule is C[C@@]1(O)CC2=C(c3ccn(C(F)F)n3)[C@H](c3ccc(F)cc3Cl)N=C(c3nccs3)N2C1.O=C=O. The number of fused-ring (bicyclic) bond motifs is 1. The summed E-state index contributed by atoms with van der Waals surface area (Å²) in [6.45, 7) is -0.848. The van der Waals surface area contributed by atoms with Gasteiger partial charge >= 0.3 is 12.7 Å². The lowest BCUT2D eigenvalue weighted by Gasteiger charge is -2.32. The average molecular weight is 524 g/mol. The molecule has 13 heteroatoms. The number of aliphatic imine (C=N–C) groups is 1. The lowest BCUT2D eigenvalue weighted by molar-refractivity contribution is -0.191. The van der Waals surface area contributed by atoms with Crippen LogP contribution in [0.3, 0.4) is 0 Å². The minimum absolute atomic E-state index is 0.154. The molecule has 0 radical (unpaired) electrons. The predicted octanol–water partition coefficient (Wildman–Crippen LogP) is 4.31. The van der Waals surface area contributed by atoms with Crippen LogP contribution in [0.2, 0.25) is 5.02 Å². The van der Waals surface area contributed by atoms with Crippen LogP contribution in [0.5, 0.6) is 0 Å². The molecule has 1 aromatic carbocycles. The van der Waals surface area contributed by atoms with Crippen LogP contribution in [-0.4, -0.2) is 48.9 Å². The number of nitrogens with zero attached hydrogens (tertiary/aromatic N) is 5. The van der Waals surface area contributed by atoms with E-state index in [4.69, 9.17) is 26.2 Å². The summed E-state index contributed by atoms with van der Waals surface area (Å²) in [5, 5.41) is 17.5. The average Bonchev–Trinajstić information content (AvgIpc) is 3.52. The highest BCUT2D eigenvalue weighted by Crippen LogP contribution is 2.47. The fourth-order valence-electron chi connectivity index (χ4n) is 4.14. The molecule has 2 atom stereocenters. The zero-order valence-electron chi connectivity index (χ0n) is 18.0. The number of thiazole rings is 1. The Labute approximate surface area is 206 Å². The second-order valence-electron chi connectivity index (χ2n) is 8.02. The van der Waals surface area contributed by atoms with Crippen LogP contribution in [0.4, 0.5) is 13.2 Å². The van der Waals surface area contributed by atoms with E-state index in [0.29, 0.717) is 32.4 Å². The van der Waals surface area contributed by atoms with Gasteiger partial charge in [0.2, 0.25) is 0 Å². The Balaban J connectivity index is 0.000000917. The number of hydrogen-bond donors (Lipinski definition) is 1. The van der Waals surface area contributed by atoms with Crippen LogP contribution in [0.1, 0.15) is 42.2 Å². The van der Waals surface area contributed by atoms with Crippen LogP contribution in [0.25, 0.3) is 5.57 Å². The van der Waals surface area contributed by atoms with Crippen molar-refractivity contribution in [2.24, 2.45) is 4.99 Å². The van der Waals surface area contributed by atoms with Gasteiger partial charge in [0.1, 0.15) is 11.9 Å². The molecule has 0 unspecified atom stereocenters. The van der Waals surface area contributed by atoms with Crippen molar-refractivity contribution in [1.82, 2.24) is 19.7 Å². The van der Waals surface area contributed by atoms with Gasteiger partial charge in [-0.1, -0.05) is 17.7 Å². The summed E-state index contributed by atoms with van der Waals surface area (Å²) in [5.41, 5.74) is 0.944. The Morgan fingerprint density at radius 2 is 2.06 bits per heavy atom. The quantitative estimate of drug-likeness (QED) is 0.547. The lowest BCUT2D eigenvalue weighted by atomic mass is 9.91. The Bertz CT molecular complexity index is 1330. The normalized spacial score (nSPS) is 21.4. The van der Waals surface area contributed by atoms with Crippen LogP contribution >= 0.6 is 22.9 Å². The van der Waals surface area contributed by atoms with Crippen molar-refractivity contribution >= 4 is 40.5 Å². The maximum atomic E-state index is 13.8. The highest BCUT2D eigenvalue weighted by atomic mass is 35.5. The van der Waals surface area contributed by atoms with Crippen LogP contribution in [0.15, 0.2) is 52.7 Å². The van der Waals surface area contributed by atoms with E-state index in [1.807, 2.05) is 10.3 Å². The summed E-state index contributed by atoms with van der Waals surface area (Å²) in [4.78, 5) is 27.4. The van der Waals surface area contributed by atoms with Crippen molar-refractivity contribution in [1.29, 1.82) is 0 Å². The summed E-state index contributed by atoms with van der Waals surface area (Å²) in [6, 6.07) is 4.72. The fourth-order valence-corrected chi connectivity index (χ4v) is 5.05. The van der Waals surface area contributed by atoms with Gasteiger partial charge in [-0.2, -0.15) is 23.5 Å². The van der Waals surface area contributed by atoms with E-state index in [-0.39, 0.29) is 29.8 Å². The topological polar surface area (TPSA) is 101 Å². The number of alkyl halides is 2. The first-order valence-electron chi connectivity index (χ1n) is 10.1. The van der Waals surface area contributed by atoms with Crippen molar-refractivity contribution in [2.45, 2.75) is 31.5 Å². The Morgan fingerprint density at radius 1 is 1.31 bits per heavy atom. The molecular weight excluding hydrogens is 507 g/mol. The van der Waals surface area contributed by atoms with E-state index in [1.54, 1.807) is 13.1 Å². The second-order valence-corrected chi connectivity index (χ2v) is 9.32. The summed E-state index contributed by atoms with van der Waals surface area (Å²) < 4.78 is 40.8. The maximum absolute atomic E-state index is 13.8. The minimum Gasteiger partial charge on any atom is -0.388 e. The van der Waals surface area contributed by atoms with Gasteiger partial charge in [0, 0.05) is 46.1 Å². The second kappa shape index (κ2) is 9.74. The van der Waals surface area contributed by atoms with Crippen molar-refractivity contribution in [3.8, 4) is 0 Å². The van der Waals surface area contributed by atoms with Gasteiger partial charge in [-0.25, -0.2) is 14.1 Å². The third kappa shape index (κ3) is 4.92. The van der Waals surface area contributed by atoms with Gasteiger partial charge < -0.3 is 10.0 Å². The number of hydrogen-bond acceptors (Lipinski definition) is 8. The van der Waals surface area contributed by atoms with Gasteiger partial charge in [-0.15, -0.1) is 11.3 Å². The van der Waals surface area contributed by atoms with Crippen molar-refractivity contribution in [3.05, 3.63) is 74.8 Å². The van der Waals surface area contributed by atoms with Crippen LogP contribution < -0.4 is 0 Å². The Morgan fingerprint density at radius 3 is 2.66 bits per heavy atom. The van der Waals surface area contributed by atoms with Crippen molar-refractivity contribution in [2.75, 3.05) is 6.54 Å². The minimum atomic E-state index is -2.80. The molecule has 0 spiro atoms. The molecule has 2 aliphatic heterocycles. The third-order valence-electron chi connectivity index (χ3n) is 5.43. The molecule has 2 aromatic heterocycles. The van der Waals surface area contributed by atoms with Gasteiger partial charge in [-0.05, 0) is 25.1 Å². The fraction of sp³-hybridized carbons (Fsp3) is 0.273. The van der Waals surface area contributed by atoms with E-state index >= 15 is 0 Å². The molecule has 2 aliphatic rings. The summed E-state index contributed by atoms with van der Waals surface area (Å²) in [6.07, 6.45) is 3.35. The molecule has 3 aromatic rings. The van der Waals surface area contributed by atoms with Gasteiger partial charge in [0.25, 0.3) is 0 Å². The standard InChI is InChI=1S/C21H17ClF3N5OS.CO2/c1-21(31)9-15-16(14-4-6-30(28-14)20(24)25)17(12-3-2-11(23)8-13(12)22)27-18(29(15)10-21)19-26-5-7-32-19;2-1-3/h2-8,17,20,31H,9-10H2,1H3;/t17-,21+;/m0./s1. The predicted molar refractivity (Wildman–Crippen MR) is 120 cm³/mol. The van der Waals surface area contributed by atoms with E-state index in [2.05, 4.69) is 10.1 Å². The van der Waals surface area contributed by atoms with E-state index in [1.165, 1.54) is 41.8 Å². The number of carbonyl (C=O) groups excluding carboxylic acids is 2. The zero-order chi connectivity index (χ0) is 25.3. The molecule has 4 heterocycles. The zero-order valence-corrected chi connectivity index (χ0v) is 19.6. The van der Waals surface area contributed by atoms with E-state index in [0.717, 1.165) is 0 Å². The molecule has 0 amide bonds. The maximum Gasteiger partial charge on any atom is 0.373 e. The molecule has 1 N–H and O–H groups in total. The van der Waals surface area contributed by atoms with Crippen molar-refractivity contribution in [3.63, 3.8) is 0 Å². The molecule has 1 fully saturated rings. The Hall–Kier alpha value is -3.31. The first kappa shape index (κ1) is 24.8. The summed E-state index contributed by atoms with van der Waals surface area (Å²) >= 11 is 7.78. The van der Waals surface area contributed by atoms with E-state index < -0.39 is 24.0 Å². The molecule has 0 saturated carbocycles. The number of rotatable bonds is 4. The molecule has 35 heavy (non-hydrogen) atoms. The number of aliphatic hydroxyl groups is 1. The molecule has 5 rings (SSSR count). The smallest absolute Gasteiger partial charge is 0.373 e. The van der Waals surface area contributed by atoms with Gasteiger partial charge in [0.15, 0.2) is 10.8 Å². The molecule has 0 bridgehead atoms. The highest BCUT2D eigenvalue weighted by Gasteiger charge is 2.44. The number of amidine groups is 1. The first-order chi connectivity index (χ1) is 16.6. The van der Waals surface area contributed by atoms with E-state index in [9.17, 15) is 18.3 Å². The van der Waals surface area contributed by atoms with Crippen molar-refractivity contribution < 1.29 is 27.9 Å². The first-order valence-corrected chi connectivity index (χ1v) is 11.4. The number of halogens is 4. The van der Waals surface area contributed by atoms with Gasteiger partial charge in [-0.3, -0.25) is 4.99 Å². The monoisotopic (exact) mass is 523 g/mol. The van der Waals surface area contributed by atoms with Crippen LogP contribution in [-0.2, 0) is 9.59 Å². The molecule has 0 aliphatic carbocycles. The largest absolute Gasteiger partial charge is 0.388 e. The molecular formula is C22H17ClF3N5O3S. The summed E-state index contributed by atoms with van der Waals surface area (Å²) in [5.74, 6) is 0.0375. The third-order valence-corrected chi connectivity index (χ3v) is 6.53. The number of aromatic nitrogens is 3. The van der Waals surface area contributed by atoms with Crippen LogP contribution in [0, 0.1) is 5.82 Å². The van der Waals surface area contributed by atoms with Gasteiger partial charge in [0.05, 0.1) is 17.8 Å². The lowest BCUT2D eigenvalue weighted by Crippen LogP contribution is -2.36. The Kier molecular flexibility index (Phi) is 6.91. The molecule has 1 saturated heterocycles. The highest BCUT2D eigenvalue weighted by molar-refractivity contribution is 7.11. The summed E-state index contributed by atoms with van der Waals surface area (Å²) in [7, 11) is 0. The number of benzene rings is 1. The molecule has 8 nitrogen and oxygen atoms in total.